The maximum atomic E-state index is 12.8. The Hall–Kier alpha value is -3.46. The minimum atomic E-state index is -0.376. The molecule has 29 heavy (non-hydrogen) atoms. The number of carbonyl (C=O) groups excluding carboxylic acids is 1. The van der Waals surface area contributed by atoms with Gasteiger partial charge in [-0.15, -0.1) is 0 Å². The normalized spacial score (nSPS) is 15.1. The third kappa shape index (κ3) is 3.64. The van der Waals surface area contributed by atoms with Crippen molar-refractivity contribution in [2.45, 2.75) is 38.0 Å². The summed E-state index contributed by atoms with van der Waals surface area (Å²) >= 11 is 0. The molecule has 0 bridgehead atoms. The van der Waals surface area contributed by atoms with E-state index in [0.717, 1.165) is 42.4 Å². The van der Waals surface area contributed by atoms with E-state index in [4.69, 9.17) is 0 Å². The van der Waals surface area contributed by atoms with Gasteiger partial charge in [0.15, 0.2) is 0 Å². The number of nitrogens with zero attached hydrogens (tertiary/aromatic N) is 4. The molecule has 3 aromatic rings. The van der Waals surface area contributed by atoms with Crippen LogP contribution in [0.25, 0.3) is 11.3 Å². The first kappa shape index (κ1) is 18.9. The minimum Gasteiger partial charge on any atom is -0.321 e. The number of anilines is 1. The number of benzene rings is 1. The van der Waals surface area contributed by atoms with Crippen LogP contribution in [0.4, 0.5) is 5.69 Å². The fourth-order valence-corrected chi connectivity index (χ4v) is 3.98. The molecule has 2 aromatic heterocycles. The molecule has 0 radical (unpaired) electrons. The first-order valence-corrected chi connectivity index (χ1v) is 9.81. The number of rotatable bonds is 4. The van der Waals surface area contributed by atoms with E-state index in [2.05, 4.69) is 21.5 Å². The van der Waals surface area contributed by atoms with Crippen LogP contribution in [0.3, 0.4) is 0 Å². The minimum absolute atomic E-state index is 0.253. The Morgan fingerprint density at radius 3 is 2.52 bits per heavy atom. The molecule has 0 aliphatic heterocycles. The summed E-state index contributed by atoms with van der Waals surface area (Å²) in [6.07, 6.45) is 7.58. The van der Waals surface area contributed by atoms with Crippen molar-refractivity contribution >= 4 is 11.6 Å². The summed E-state index contributed by atoms with van der Waals surface area (Å²) in [7, 11) is 1.84. The molecule has 0 atom stereocenters. The van der Waals surface area contributed by atoms with Crippen LogP contribution < -0.4 is 5.32 Å². The van der Waals surface area contributed by atoms with Crippen LogP contribution in [0, 0.1) is 18.3 Å². The number of hydrogen-bond donors (Lipinski definition) is 1. The van der Waals surface area contributed by atoms with E-state index in [1.807, 2.05) is 56.6 Å². The summed E-state index contributed by atoms with van der Waals surface area (Å²) < 4.78 is 1.70. The third-order valence-electron chi connectivity index (χ3n) is 5.68. The van der Waals surface area contributed by atoms with Crippen LogP contribution >= 0.6 is 0 Å². The molecule has 6 heteroatoms. The second kappa shape index (κ2) is 7.51. The van der Waals surface area contributed by atoms with Gasteiger partial charge in [0, 0.05) is 24.5 Å². The maximum Gasteiger partial charge on any atom is 0.274 e. The van der Waals surface area contributed by atoms with E-state index in [9.17, 15) is 10.1 Å². The first-order chi connectivity index (χ1) is 14.0. The number of pyridine rings is 1. The van der Waals surface area contributed by atoms with Crippen LogP contribution in [0.5, 0.6) is 0 Å². The molecule has 0 saturated heterocycles. The van der Waals surface area contributed by atoms with Crippen molar-refractivity contribution in [1.82, 2.24) is 14.8 Å². The van der Waals surface area contributed by atoms with Crippen molar-refractivity contribution in [2.75, 3.05) is 5.32 Å². The Morgan fingerprint density at radius 2 is 1.90 bits per heavy atom. The van der Waals surface area contributed by atoms with Gasteiger partial charge in [-0.2, -0.15) is 10.4 Å². The molecule has 1 N–H and O–H groups in total. The molecule has 2 heterocycles. The summed E-state index contributed by atoms with van der Waals surface area (Å²) in [4.78, 5) is 17.4. The number of aryl methyl sites for hydroxylation is 2. The summed E-state index contributed by atoms with van der Waals surface area (Å²) in [6, 6.07) is 13.9. The molecule has 1 aliphatic rings. The Kier molecular flexibility index (Phi) is 4.89. The number of aromatic nitrogens is 3. The van der Waals surface area contributed by atoms with Crippen LogP contribution in [-0.2, 0) is 12.5 Å². The highest BCUT2D eigenvalue weighted by Gasteiger charge is 2.35. The van der Waals surface area contributed by atoms with E-state index in [0.29, 0.717) is 17.1 Å². The van der Waals surface area contributed by atoms with Gasteiger partial charge in [0.25, 0.3) is 5.91 Å². The third-order valence-corrected chi connectivity index (χ3v) is 5.68. The molecular formula is C23H23N5O. The van der Waals surface area contributed by atoms with Gasteiger partial charge in [-0.05, 0) is 49.1 Å². The predicted molar refractivity (Wildman–Crippen MR) is 111 cm³/mol. The molecule has 6 nitrogen and oxygen atoms in total. The largest absolute Gasteiger partial charge is 0.321 e. The van der Waals surface area contributed by atoms with Gasteiger partial charge in [0.05, 0.1) is 23.4 Å². The number of carbonyl (C=O) groups is 1. The lowest BCUT2D eigenvalue weighted by molar-refractivity contribution is 0.102. The highest BCUT2D eigenvalue weighted by Crippen LogP contribution is 2.40. The van der Waals surface area contributed by atoms with E-state index < -0.39 is 0 Å². The zero-order valence-corrected chi connectivity index (χ0v) is 16.6. The second-order valence-electron chi connectivity index (χ2n) is 7.70. The fraction of sp³-hybridized carbons (Fsp3) is 0.304. The maximum absolute atomic E-state index is 12.8. The molecule has 1 aromatic carbocycles. The molecule has 0 spiro atoms. The van der Waals surface area contributed by atoms with Crippen molar-refractivity contribution < 1.29 is 4.79 Å². The molecule has 146 valence electrons. The summed E-state index contributed by atoms with van der Waals surface area (Å²) in [5, 5.41) is 16.7. The highest BCUT2D eigenvalue weighted by molar-refractivity contribution is 6.04. The first-order valence-electron chi connectivity index (χ1n) is 9.81. The van der Waals surface area contributed by atoms with Crippen LogP contribution in [0.1, 0.15) is 47.3 Å². The SMILES string of the molecule is Cc1ccc(-c2cnn(C)c2)nc1C(=O)Nc1ccc(C2(C#N)CCCC2)cc1. The van der Waals surface area contributed by atoms with Crippen LogP contribution in [-0.4, -0.2) is 20.7 Å². The molecule has 4 rings (SSSR count). The highest BCUT2D eigenvalue weighted by atomic mass is 16.1. The van der Waals surface area contributed by atoms with Crippen molar-refractivity contribution in [1.29, 1.82) is 5.26 Å². The number of nitrogens with one attached hydrogen (secondary N) is 1. The van der Waals surface area contributed by atoms with E-state index in [-0.39, 0.29) is 11.3 Å². The zero-order valence-electron chi connectivity index (χ0n) is 16.6. The lowest BCUT2D eigenvalue weighted by atomic mass is 9.80. The standard InChI is InChI=1S/C23H23N5O/c1-16-5-10-20(17-13-25-28(2)14-17)27-21(16)22(29)26-19-8-6-18(7-9-19)23(15-24)11-3-4-12-23/h5-10,13-14H,3-4,11-12H2,1-2H3,(H,26,29). The Labute approximate surface area is 170 Å². The van der Waals surface area contributed by atoms with Gasteiger partial charge in [0.2, 0.25) is 0 Å². The fourth-order valence-electron chi connectivity index (χ4n) is 3.98. The molecule has 1 amide bonds. The number of nitriles is 1. The van der Waals surface area contributed by atoms with Gasteiger partial charge in [-0.25, -0.2) is 4.98 Å². The average molecular weight is 385 g/mol. The lowest BCUT2D eigenvalue weighted by Crippen LogP contribution is -2.19. The van der Waals surface area contributed by atoms with Crippen molar-refractivity contribution in [3.8, 4) is 17.3 Å². The monoisotopic (exact) mass is 385 g/mol. The topological polar surface area (TPSA) is 83.6 Å². The summed E-state index contributed by atoms with van der Waals surface area (Å²) in [5.41, 5.74) is 4.12. The van der Waals surface area contributed by atoms with Gasteiger partial charge in [-0.1, -0.05) is 31.0 Å². The average Bonchev–Trinajstić information content (AvgIpc) is 3.39. The Morgan fingerprint density at radius 1 is 1.17 bits per heavy atom. The lowest BCUT2D eigenvalue weighted by Gasteiger charge is -2.21. The second-order valence-corrected chi connectivity index (χ2v) is 7.70. The zero-order chi connectivity index (χ0) is 20.4. The van der Waals surface area contributed by atoms with Gasteiger partial charge in [-0.3, -0.25) is 9.48 Å². The van der Waals surface area contributed by atoms with Crippen molar-refractivity contribution in [3.63, 3.8) is 0 Å². The molecule has 1 fully saturated rings. The quantitative estimate of drug-likeness (QED) is 0.722. The van der Waals surface area contributed by atoms with E-state index in [1.165, 1.54) is 0 Å². The van der Waals surface area contributed by atoms with Crippen LogP contribution in [0.2, 0.25) is 0 Å². The number of amides is 1. The predicted octanol–water partition coefficient (Wildman–Crippen LogP) is 4.38. The van der Waals surface area contributed by atoms with Gasteiger partial charge >= 0.3 is 0 Å². The van der Waals surface area contributed by atoms with Gasteiger partial charge < -0.3 is 5.32 Å². The van der Waals surface area contributed by atoms with Crippen LogP contribution in [0.15, 0.2) is 48.8 Å². The van der Waals surface area contributed by atoms with E-state index in [1.54, 1.807) is 10.9 Å². The molecule has 1 aliphatic carbocycles. The Balaban J connectivity index is 1.54. The molecular weight excluding hydrogens is 362 g/mol. The molecule has 1 saturated carbocycles. The summed E-state index contributed by atoms with van der Waals surface area (Å²) in [5.74, 6) is -0.253. The molecule has 0 unspecified atom stereocenters. The van der Waals surface area contributed by atoms with Crippen molar-refractivity contribution in [3.05, 3.63) is 65.6 Å². The summed E-state index contributed by atoms with van der Waals surface area (Å²) in [6.45, 7) is 1.87. The van der Waals surface area contributed by atoms with E-state index >= 15 is 0 Å². The Bertz CT molecular complexity index is 1090. The smallest absolute Gasteiger partial charge is 0.274 e. The van der Waals surface area contributed by atoms with Gasteiger partial charge in [0.1, 0.15) is 5.69 Å². The number of hydrogen-bond acceptors (Lipinski definition) is 4. The van der Waals surface area contributed by atoms with Crippen molar-refractivity contribution in [2.24, 2.45) is 7.05 Å².